The third-order valence-electron chi connectivity index (χ3n) is 3.79. The zero-order valence-corrected chi connectivity index (χ0v) is 11.6. The Balaban J connectivity index is 2.15. The van der Waals surface area contributed by atoms with Gasteiger partial charge < -0.3 is 15.4 Å². The van der Waals surface area contributed by atoms with Crippen LogP contribution in [0.5, 0.6) is 5.75 Å². The van der Waals surface area contributed by atoms with Crippen LogP contribution in [0.4, 0.5) is 0 Å². The zero-order valence-electron chi connectivity index (χ0n) is 11.6. The largest absolute Gasteiger partial charge is 0.497 e. The second-order valence-corrected chi connectivity index (χ2v) is 4.98. The lowest BCUT2D eigenvalue weighted by Gasteiger charge is -2.27. The second kappa shape index (κ2) is 6.06. The van der Waals surface area contributed by atoms with Crippen LogP contribution in [-0.2, 0) is 4.79 Å². The summed E-state index contributed by atoms with van der Waals surface area (Å²) in [5, 5.41) is 0. The molecule has 1 amide bonds. The van der Waals surface area contributed by atoms with Crippen molar-refractivity contribution in [1.29, 1.82) is 0 Å². The van der Waals surface area contributed by atoms with Crippen LogP contribution in [-0.4, -0.2) is 30.5 Å². The highest BCUT2D eigenvalue weighted by atomic mass is 16.5. The molecule has 1 aromatic carbocycles. The Morgan fingerprint density at radius 3 is 2.74 bits per heavy atom. The van der Waals surface area contributed by atoms with E-state index in [9.17, 15) is 4.79 Å². The van der Waals surface area contributed by atoms with Gasteiger partial charge in [-0.15, -0.1) is 0 Å². The van der Waals surface area contributed by atoms with E-state index in [-0.39, 0.29) is 18.0 Å². The van der Waals surface area contributed by atoms with Gasteiger partial charge in [-0.2, -0.15) is 0 Å². The monoisotopic (exact) mass is 262 g/mol. The molecule has 0 bridgehead atoms. The van der Waals surface area contributed by atoms with Crippen molar-refractivity contribution in [2.45, 2.75) is 38.3 Å². The van der Waals surface area contributed by atoms with Crippen molar-refractivity contribution in [3.63, 3.8) is 0 Å². The summed E-state index contributed by atoms with van der Waals surface area (Å²) in [5.41, 5.74) is 7.03. The van der Waals surface area contributed by atoms with Crippen LogP contribution in [0, 0.1) is 0 Å². The number of benzene rings is 1. The van der Waals surface area contributed by atoms with Gasteiger partial charge in [-0.25, -0.2) is 0 Å². The summed E-state index contributed by atoms with van der Waals surface area (Å²) in [4.78, 5) is 14.2. The van der Waals surface area contributed by atoms with Crippen molar-refractivity contribution < 1.29 is 9.53 Å². The fourth-order valence-electron chi connectivity index (χ4n) is 2.59. The molecule has 104 valence electrons. The lowest BCUT2D eigenvalue weighted by Crippen LogP contribution is -2.42. The van der Waals surface area contributed by atoms with Crippen molar-refractivity contribution >= 4 is 5.91 Å². The minimum atomic E-state index is -0.376. The van der Waals surface area contributed by atoms with Crippen LogP contribution < -0.4 is 10.5 Å². The lowest BCUT2D eigenvalue weighted by atomic mass is 10.0. The SMILES string of the molecule is CC[C@@H](N)C(=O)N1CCCC1c1ccc(OC)cc1. The molecule has 0 spiro atoms. The molecule has 1 fully saturated rings. The van der Waals surface area contributed by atoms with E-state index in [1.807, 2.05) is 36.1 Å². The number of hydrogen-bond donors (Lipinski definition) is 1. The molecular formula is C15H22N2O2. The van der Waals surface area contributed by atoms with Crippen LogP contribution in [0.25, 0.3) is 0 Å². The molecule has 1 saturated heterocycles. The van der Waals surface area contributed by atoms with E-state index in [0.717, 1.165) is 30.7 Å². The first-order valence-corrected chi connectivity index (χ1v) is 6.87. The van der Waals surface area contributed by atoms with Gasteiger partial charge in [-0.1, -0.05) is 19.1 Å². The summed E-state index contributed by atoms with van der Waals surface area (Å²) in [6, 6.07) is 7.74. The number of likely N-dealkylation sites (tertiary alicyclic amines) is 1. The van der Waals surface area contributed by atoms with Crippen molar-refractivity contribution in [1.82, 2.24) is 4.90 Å². The Morgan fingerprint density at radius 2 is 2.16 bits per heavy atom. The Morgan fingerprint density at radius 1 is 1.47 bits per heavy atom. The van der Waals surface area contributed by atoms with Gasteiger partial charge in [0, 0.05) is 6.54 Å². The van der Waals surface area contributed by atoms with Crippen molar-refractivity contribution in [2.75, 3.05) is 13.7 Å². The number of nitrogens with two attached hydrogens (primary N) is 1. The quantitative estimate of drug-likeness (QED) is 0.904. The molecule has 1 aliphatic heterocycles. The third-order valence-corrected chi connectivity index (χ3v) is 3.79. The molecule has 1 unspecified atom stereocenters. The first-order valence-electron chi connectivity index (χ1n) is 6.87. The Bertz CT molecular complexity index is 430. The Hall–Kier alpha value is -1.55. The average Bonchev–Trinajstić information content (AvgIpc) is 2.95. The molecule has 1 heterocycles. The molecule has 4 heteroatoms. The highest BCUT2D eigenvalue weighted by Gasteiger charge is 2.31. The lowest BCUT2D eigenvalue weighted by molar-refractivity contribution is -0.133. The predicted octanol–water partition coefficient (Wildman–Crippen LogP) is 2.10. The second-order valence-electron chi connectivity index (χ2n) is 4.98. The molecule has 0 radical (unpaired) electrons. The van der Waals surface area contributed by atoms with Crippen LogP contribution in [0.15, 0.2) is 24.3 Å². The summed E-state index contributed by atoms with van der Waals surface area (Å²) in [5.74, 6) is 0.908. The number of ether oxygens (including phenoxy) is 1. The number of carbonyl (C=O) groups excluding carboxylic acids is 1. The number of hydrogen-bond acceptors (Lipinski definition) is 3. The van der Waals surface area contributed by atoms with Gasteiger partial charge in [0.15, 0.2) is 0 Å². The minimum absolute atomic E-state index is 0.0702. The highest BCUT2D eigenvalue weighted by molar-refractivity contribution is 5.82. The molecule has 1 aliphatic rings. The van der Waals surface area contributed by atoms with E-state index in [4.69, 9.17) is 10.5 Å². The van der Waals surface area contributed by atoms with Crippen LogP contribution in [0.3, 0.4) is 0 Å². The molecule has 4 nitrogen and oxygen atoms in total. The van der Waals surface area contributed by atoms with Crippen LogP contribution in [0.2, 0.25) is 0 Å². The highest BCUT2D eigenvalue weighted by Crippen LogP contribution is 2.33. The summed E-state index contributed by atoms with van der Waals surface area (Å²) in [6.07, 6.45) is 2.73. The summed E-state index contributed by atoms with van der Waals surface area (Å²) < 4.78 is 5.16. The normalized spacial score (nSPS) is 20.4. The number of nitrogens with zero attached hydrogens (tertiary/aromatic N) is 1. The van der Waals surface area contributed by atoms with Gasteiger partial charge in [0.2, 0.25) is 5.91 Å². The fraction of sp³-hybridized carbons (Fsp3) is 0.533. The van der Waals surface area contributed by atoms with E-state index in [2.05, 4.69) is 0 Å². The third kappa shape index (κ3) is 2.89. The van der Waals surface area contributed by atoms with Crippen molar-refractivity contribution in [3.05, 3.63) is 29.8 Å². The summed E-state index contributed by atoms with van der Waals surface area (Å²) in [7, 11) is 1.65. The van der Waals surface area contributed by atoms with E-state index >= 15 is 0 Å². The van der Waals surface area contributed by atoms with E-state index in [0.29, 0.717) is 6.42 Å². The Labute approximate surface area is 114 Å². The van der Waals surface area contributed by atoms with Gasteiger partial charge >= 0.3 is 0 Å². The van der Waals surface area contributed by atoms with E-state index in [1.165, 1.54) is 0 Å². The number of amides is 1. The molecule has 0 saturated carbocycles. The maximum Gasteiger partial charge on any atom is 0.239 e. The van der Waals surface area contributed by atoms with Gasteiger partial charge in [0.1, 0.15) is 5.75 Å². The van der Waals surface area contributed by atoms with E-state index in [1.54, 1.807) is 7.11 Å². The summed E-state index contributed by atoms with van der Waals surface area (Å²) in [6.45, 7) is 2.75. The standard InChI is InChI=1S/C15H22N2O2/c1-3-13(16)15(18)17-10-4-5-14(17)11-6-8-12(19-2)9-7-11/h6-9,13-14H,3-5,10,16H2,1-2H3/t13-,14?/m1/s1. The molecule has 2 N–H and O–H groups in total. The molecule has 1 aromatic rings. The van der Waals surface area contributed by atoms with Crippen molar-refractivity contribution in [2.24, 2.45) is 5.73 Å². The van der Waals surface area contributed by atoms with Gasteiger partial charge in [-0.05, 0) is 37.0 Å². The number of rotatable bonds is 4. The number of methoxy groups -OCH3 is 1. The van der Waals surface area contributed by atoms with Crippen molar-refractivity contribution in [3.8, 4) is 5.75 Å². The Kier molecular flexibility index (Phi) is 4.43. The molecule has 2 atom stereocenters. The topological polar surface area (TPSA) is 55.6 Å². The van der Waals surface area contributed by atoms with Gasteiger partial charge in [0.05, 0.1) is 19.2 Å². The molecule has 2 rings (SSSR count). The predicted molar refractivity (Wildman–Crippen MR) is 74.9 cm³/mol. The van der Waals surface area contributed by atoms with Crippen LogP contribution >= 0.6 is 0 Å². The minimum Gasteiger partial charge on any atom is -0.497 e. The molecule has 0 aliphatic carbocycles. The molecule has 0 aromatic heterocycles. The first kappa shape index (κ1) is 13.9. The summed E-state index contributed by atoms with van der Waals surface area (Å²) >= 11 is 0. The first-order chi connectivity index (χ1) is 9.17. The molecular weight excluding hydrogens is 240 g/mol. The van der Waals surface area contributed by atoms with Gasteiger partial charge in [0.25, 0.3) is 0 Å². The maximum atomic E-state index is 12.3. The average molecular weight is 262 g/mol. The van der Waals surface area contributed by atoms with Crippen LogP contribution in [0.1, 0.15) is 37.8 Å². The van der Waals surface area contributed by atoms with E-state index < -0.39 is 0 Å². The zero-order chi connectivity index (χ0) is 13.8. The number of carbonyl (C=O) groups is 1. The molecule has 19 heavy (non-hydrogen) atoms. The smallest absolute Gasteiger partial charge is 0.239 e. The van der Waals surface area contributed by atoms with Gasteiger partial charge in [-0.3, -0.25) is 4.79 Å². The fourth-order valence-corrected chi connectivity index (χ4v) is 2.59. The maximum absolute atomic E-state index is 12.3.